The number of nitrogens with zero attached hydrogens (tertiary/aromatic N) is 1. The highest BCUT2D eigenvalue weighted by atomic mass is 19.4. The molecule has 1 N–H and O–H groups in total. The molecule has 0 radical (unpaired) electrons. The second-order valence-electron chi connectivity index (χ2n) is 6.16. The smallest absolute Gasteiger partial charge is 0.383 e. The van der Waals surface area contributed by atoms with Crippen LogP contribution in [-0.2, 0) is 10.9 Å². The van der Waals surface area contributed by atoms with Crippen molar-refractivity contribution in [2.24, 2.45) is 0 Å². The minimum Gasteiger partial charge on any atom is -0.383 e. The van der Waals surface area contributed by atoms with Gasteiger partial charge in [-0.1, -0.05) is 19.1 Å². The molecule has 1 aromatic carbocycles. The summed E-state index contributed by atoms with van der Waals surface area (Å²) in [6.45, 7) is 6.48. The van der Waals surface area contributed by atoms with Crippen LogP contribution in [0.2, 0.25) is 0 Å². The normalized spacial score (nSPS) is 24.6. The Morgan fingerprint density at radius 3 is 2.48 bits per heavy atom. The van der Waals surface area contributed by atoms with E-state index in [1.54, 1.807) is 19.2 Å². The lowest BCUT2D eigenvalue weighted by molar-refractivity contribution is -0.137. The monoisotopic (exact) mass is 330 g/mol. The summed E-state index contributed by atoms with van der Waals surface area (Å²) in [5.41, 5.74) is 0.328. The fourth-order valence-electron chi connectivity index (χ4n) is 3.27. The molecule has 0 spiro atoms. The van der Waals surface area contributed by atoms with Gasteiger partial charge < -0.3 is 10.1 Å². The van der Waals surface area contributed by atoms with Crippen LogP contribution in [0.3, 0.4) is 0 Å². The lowest BCUT2D eigenvalue weighted by Gasteiger charge is -2.43. The maximum Gasteiger partial charge on any atom is 0.416 e. The second-order valence-corrected chi connectivity index (χ2v) is 6.16. The van der Waals surface area contributed by atoms with Gasteiger partial charge >= 0.3 is 6.18 Å². The van der Waals surface area contributed by atoms with Crippen molar-refractivity contribution in [1.82, 2.24) is 10.2 Å². The number of hydrogen-bond acceptors (Lipinski definition) is 3. The van der Waals surface area contributed by atoms with Gasteiger partial charge in [0.25, 0.3) is 0 Å². The van der Waals surface area contributed by atoms with Crippen LogP contribution in [0.5, 0.6) is 0 Å². The van der Waals surface area contributed by atoms with E-state index in [-0.39, 0.29) is 12.1 Å². The summed E-state index contributed by atoms with van der Waals surface area (Å²) in [6.07, 6.45) is -3.44. The summed E-state index contributed by atoms with van der Waals surface area (Å²) in [5, 5.41) is 3.44. The largest absolute Gasteiger partial charge is 0.416 e. The third kappa shape index (κ3) is 4.46. The van der Waals surface area contributed by atoms with Gasteiger partial charge in [-0.2, -0.15) is 13.2 Å². The molecule has 3 atom stereocenters. The number of methoxy groups -OCH3 is 1. The summed E-state index contributed by atoms with van der Waals surface area (Å²) in [6, 6.07) is 6.24. The molecule has 0 saturated carbocycles. The Hall–Kier alpha value is -1.11. The number of piperazine rings is 1. The minimum atomic E-state index is -4.29. The van der Waals surface area contributed by atoms with Crippen LogP contribution in [-0.4, -0.2) is 43.8 Å². The summed E-state index contributed by atoms with van der Waals surface area (Å²) < 4.78 is 43.5. The average Bonchev–Trinajstić information content (AvgIpc) is 2.50. The molecule has 1 saturated heterocycles. The van der Waals surface area contributed by atoms with Crippen LogP contribution in [0.4, 0.5) is 13.2 Å². The molecule has 1 heterocycles. The molecule has 3 nitrogen and oxygen atoms in total. The highest BCUT2D eigenvalue weighted by Gasteiger charge is 2.33. The Kier molecular flexibility index (Phi) is 6.06. The second kappa shape index (κ2) is 7.64. The lowest BCUT2D eigenvalue weighted by Crippen LogP contribution is -2.57. The SMILES string of the molecule is CCC(c1ccc(C(F)(F)F)cc1)N1C[C@H](C)NC[C@H]1COC. The van der Waals surface area contributed by atoms with Crippen LogP contribution in [0, 0.1) is 0 Å². The zero-order valence-corrected chi connectivity index (χ0v) is 13.9. The molecule has 0 aromatic heterocycles. The van der Waals surface area contributed by atoms with Gasteiger partial charge in [0.05, 0.1) is 12.2 Å². The number of hydrogen-bond donors (Lipinski definition) is 1. The van der Waals surface area contributed by atoms with Gasteiger partial charge in [0.1, 0.15) is 0 Å². The number of nitrogens with one attached hydrogen (secondary N) is 1. The van der Waals surface area contributed by atoms with Crippen molar-refractivity contribution in [2.75, 3.05) is 26.8 Å². The number of ether oxygens (including phenoxy) is 1. The summed E-state index contributed by atoms with van der Waals surface area (Å²) in [7, 11) is 1.68. The zero-order valence-electron chi connectivity index (χ0n) is 13.9. The van der Waals surface area contributed by atoms with Gasteiger partial charge in [-0.25, -0.2) is 0 Å². The van der Waals surface area contributed by atoms with Crippen molar-refractivity contribution in [2.45, 2.75) is 44.6 Å². The van der Waals surface area contributed by atoms with E-state index in [9.17, 15) is 13.2 Å². The van der Waals surface area contributed by atoms with Gasteiger partial charge in [0.2, 0.25) is 0 Å². The molecule has 1 aliphatic heterocycles. The number of halogens is 3. The van der Waals surface area contributed by atoms with Crippen molar-refractivity contribution in [1.29, 1.82) is 0 Å². The fourth-order valence-corrected chi connectivity index (χ4v) is 3.27. The van der Waals surface area contributed by atoms with E-state index < -0.39 is 11.7 Å². The molecule has 1 aromatic rings. The van der Waals surface area contributed by atoms with Crippen LogP contribution in [0.25, 0.3) is 0 Å². The van der Waals surface area contributed by atoms with E-state index in [2.05, 4.69) is 24.1 Å². The highest BCUT2D eigenvalue weighted by molar-refractivity contribution is 5.27. The molecule has 0 bridgehead atoms. The van der Waals surface area contributed by atoms with Gasteiger partial charge in [0, 0.05) is 38.3 Å². The third-order valence-corrected chi connectivity index (χ3v) is 4.42. The van der Waals surface area contributed by atoms with E-state index in [0.717, 1.165) is 25.1 Å². The third-order valence-electron chi connectivity index (χ3n) is 4.42. The molecule has 6 heteroatoms. The van der Waals surface area contributed by atoms with Crippen LogP contribution < -0.4 is 5.32 Å². The Balaban J connectivity index is 2.22. The van der Waals surface area contributed by atoms with E-state index in [4.69, 9.17) is 4.74 Å². The van der Waals surface area contributed by atoms with Crippen LogP contribution in [0.1, 0.15) is 37.4 Å². The molecule has 2 rings (SSSR count). The Bertz CT molecular complexity index is 490. The fraction of sp³-hybridized carbons (Fsp3) is 0.647. The average molecular weight is 330 g/mol. The van der Waals surface area contributed by atoms with Gasteiger partial charge in [-0.15, -0.1) is 0 Å². The van der Waals surface area contributed by atoms with E-state index >= 15 is 0 Å². The number of benzene rings is 1. The Morgan fingerprint density at radius 2 is 1.96 bits per heavy atom. The Morgan fingerprint density at radius 1 is 1.30 bits per heavy atom. The van der Waals surface area contributed by atoms with Crippen molar-refractivity contribution in [3.8, 4) is 0 Å². The maximum absolute atomic E-state index is 12.7. The molecular weight excluding hydrogens is 305 g/mol. The summed E-state index contributed by atoms with van der Waals surface area (Å²) >= 11 is 0. The van der Waals surface area contributed by atoms with Crippen molar-refractivity contribution < 1.29 is 17.9 Å². The first-order valence-electron chi connectivity index (χ1n) is 8.02. The standard InChI is InChI=1S/C17H25F3N2O/c1-4-16(13-5-7-14(8-6-13)17(18,19)20)22-10-12(2)21-9-15(22)11-23-3/h5-8,12,15-16,21H,4,9-11H2,1-3H3/t12-,15-,16?/m0/s1. The molecule has 130 valence electrons. The minimum absolute atomic E-state index is 0.0991. The topological polar surface area (TPSA) is 24.5 Å². The van der Waals surface area contributed by atoms with Crippen molar-refractivity contribution >= 4 is 0 Å². The van der Waals surface area contributed by atoms with E-state index in [0.29, 0.717) is 12.6 Å². The summed E-state index contributed by atoms with van der Waals surface area (Å²) in [5.74, 6) is 0. The first kappa shape index (κ1) is 18.2. The predicted molar refractivity (Wildman–Crippen MR) is 84.3 cm³/mol. The molecule has 23 heavy (non-hydrogen) atoms. The van der Waals surface area contributed by atoms with E-state index in [1.165, 1.54) is 12.1 Å². The van der Waals surface area contributed by atoms with Crippen LogP contribution in [0.15, 0.2) is 24.3 Å². The van der Waals surface area contributed by atoms with Crippen molar-refractivity contribution in [3.63, 3.8) is 0 Å². The first-order chi connectivity index (χ1) is 10.9. The molecule has 0 aliphatic carbocycles. The van der Waals surface area contributed by atoms with Gasteiger partial charge in [-0.05, 0) is 31.0 Å². The molecule has 1 unspecified atom stereocenters. The number of rotatable bonds is 5. The van der Waals surface area contributed by atoms with Gasteiger partial charge in [0.15, 0.2) is 0 Å². The molecule has 1 aliphatic rings. The lowest BCUT2D eigenvalue weighted by atomic mass is 9.97. The summed E-state index contributed by atoms with van der Waals surface area (Å²) in [4.78, 5) is 2.35. The zero-order chi connectivity index (χ0) is 17.0. The molecular formula is C17H25F3N2O. The maximum atomic E-state index is 12.7. The van der Waals surface area contributed by atoms with Crippen LogP contribution >= 0.6 is 0 Å². The quantitative estimate of drug-likeness (QED) is 0.895. The Labute approximate surface area is 135 Å². The van der Waals surface area contributed by atoms with Crippen molar-refractivity contribution in [3.05, 3.63) is 35.4 Å². The van der Waals surface area contributed by atoms with E-state index in [1.807, 2.05) is 0 Å². The molecule has 0 amide bonds. The highest BCUT2D eigenvalue weighted by Crippen LogP contribution is 2.32. The van der Waals surface area contributed by atoms with Gasteiger partial charge in [-0.3, -0.25) is 4.90 Å². The first-order valence-corrected chi connectivity index (χ1v) is 8.02. The predicted octanol–water partition coefficient (Wildman–Crippen LogP) is 3.47. The number of alkyl halides is 3. The molecule has 1 fully saturated rings.